The highest BCUT2D eigenvalue weighted by Crippen LogP contribution is 2.35. The number of aryl methyl sites for hydroxylation is 2. The number of hydrogen-bond donors (Lipinski definition) is 2. The van der Waals surface area contributed by atoms with E-state index in [0.717, 1.165) is 62.5 Å². The van der Waals surface area contributed by atoms with Crippen molar-refractivity contribution in [2.45, 2.75) is 84.5 Å². The summed E-state index contributed by atoms with van der Waals surface area (Å²) in [6.45, 7) is 6.59. The maximum atomic E-state index is 10.2. The molecule has 0 aliphatic rings. The van der Waals surface area contributed by atoms with Gasteiger partial charge in [0, 0.05) is 5.92 Å². The van der Waals surface area contributed by atoms with E-state index < -0.39 is 0 Å². The lowest BCUT2D eigenvalue weighted by Crippen LogP contribution is -2.04. The van der Waals surface area contributed by atoms with Gasteiger partial charge < -0.3 is 10.2 Å². The van der Waals surface area contributed by atoms with Gasteiger partial charge in [-0.2, -0.15) is 0 Å². The molecule has 148 valence electrons. The Morgan fingerprint density at radius 3 is 1.52 bits per heavy atom. The van der Waals surface area contributed by atoms with Crippen LogP contribution in [0.25, 0.3) is 0 Å². The van der Waals surface area contributed by atoms with Crippen LogP contribution in [0, 0.1) is 0 Å². The molecule has 27 heavy (non-hydrogen) atoms. The molecule has 0 amide bonds. The minimum Gasteiger partial charge on any atom is -0.508 e. The van der Waals surface area contributed by atoms with Gasteiger partial charge in [-0.05, 0) is 66.5 Å². The molecule has 0 saturated carbocycles. The molecule has 0 bridgehead atoms. The molecule has 0 spiro atoms. The Balaban J connectivity index is 2.37. The van der Waals surface area contributed by atoms with Crippen molar-refractivity contribution in [3.05, 3.63) is 58.7 Å². The lowest BCUT2D eigenvalue weighted by molar-refractivity contribution is 0.466. The summed E-state index contributed by atoms with van der Waals surface area (Å²) in [5, 5.41) is 20.5. The lowest BCUT2D eigenvalue weighted by Gasteiger charge is -2.20. The molecule has 0 aliphatic heterocycles. The Bertz CT molecular complexity index is 648. The zero-order chi connectivity index (χ0) is 19.6. The van der Waals surface area contributed by atoms with Crippen LogP contribution in [0.1, 0.15) is 93.9 Å². The van der Waals surface area contributed by atoms with E-state index in [1.807, 2.05) is 12.1 Å². The molecular weight excluding hydrogens is 332 g/mol. The molecule has 2 nitrogen and oxygen atoms in total. The van der Waals surface area contributed by atoms with E-state index in [1.54, 1.807) is 0 Å². The van der Waals surface area contributed by atoms with Gasteiger partial charge in [0.05, 0.1) is 0 Å². The predicted octanol–water partition coefficient (Wildman–Crippen LogP) is 7.11. The van der Waals surface area contributed by atoms with E-state index in [-0.39, 0.29) is 0 Å². The third-order valence-electron chi connectivity index (χ3n) is 5.46. The third-order valence-corrected chi connectivity index (χ3v) is 5.46. The maximum Gasteiger partial charge on any atom is 0.118 e. The quantitative estimate of drug-likeness (QED) is 0.444. The summed E-state index contributed by atoms with van der Waals surface area (Å²) in [7, 11) is 0. The average Bonchev–Trinajstić information content (AvgIpc) is 2.68. The number of aromatic hydroxyl groups is 2. The fourth-order valence-corrected chi connectivity index (χ4v) is 3.71. The van der Waals surface area contributed by atoms with Gasteiger partial charge in [-0.15, -0.1) is 0 Å². The van der Waals surface area contributed by atoms with Gasteiger partial charge in [0.1, 0.15) is 11.5 Å². The summed E-state index contributed by atoms with van der Waals surface area (Å²) in [5.74, 6) is 1.14. The third kappa shape index (κ3) is 6.02. The zero-order valence-electron chi connectivity index (χ0n) is 17.3. The molecule has 0 heterocycles. The molecule has 0 fully saturated rings. The largest absolute Gasteiger partial charge is 0.508 e. The predicted molar refractivity (Wildman–Crippen MR) is 115 cm³/mol. The van der Waals surface area contributed by atoms with Crippen LogP contribution in [-0.4, -0.2) is 10.2 Å². The number of unbranched alkanes of at least 4 members (excludes halogenated alkanes) is 3. The molecule has 2 heteroatoms. The van der Waals surface area contributed by atoms with Gasteiger partial charge in [-0.25, -0.2) is 0 Å². The van der Waals surface area contributed by atoms with E-state index in [9.17, 15) is 10.2 Å². The van der Waals surface area contributed by atoms with Crippen molar-refractivity contribution >= 4 is 0 Å². The first-order valence-corrected chi connectivity index (χ1v) is 10.7. The van der Waals surface area contributed by atoms with Crippen molar-refractivity contribution in [1.82, 2.24) is 0 Å². The van der Waals surface area contributed by atoms with E-state index in [2.05, 4.69) is 45.0 Å². The monoisotopic (exact) mass is 368 g/mol. The second-order valence-electron chi connectivity index (χ2n) is 7.68. The van der Waals surface area contributed by atoms with Crippen LogP contribution < -0.4 is 0 Å². The lowest BCUT2D eigenvalue weighted by atomic mass is 9.84. The minimum atomic E-state index is 0.312. The highest BCUT2D eigenvalue weighted by atomic mass is 16.3. The molecule has 0 aromatic heterocycles. The molecule has 2 N–H and O–H groups in total. The van der Waals surface area contributed by atoms with Crippen molar-refractivity contribution < 1.29 is 10.2 Å². The van der Waals surface area contributed by atoms with Crippen molar-refractivity contribution in [3.63, 3.8) is 0 Å². The highest BCUT2D eigenvalue weighted by molar-refractivity contribution is 5.44. The topological polar surface area (TPSA) is 40.5 Å². The Hall–Kier alpha value is -1.96. The summed E-state index contributed by atoms with van der Waals surface area (Å²) in [4.78, 5) is 0. The molecule has 0 saturated heterocycles. The second kappa shape index (κ2) is 11.0. The molecule has 2 aromatic carbocycles. The minimum absolute atomic E-state index is 0.312. The van der Waals surface area contributed by atoms with Gasteiger partial charge in [-0.3, -0.25) is 0 Å². The summed E-state index contributed by atoms with van der Waals surface area (Å²) in [5.41, 5.74) is 4.67. The Labute approximate surface area is 165 Å². The normalized spacial score (nSPS) is 11.3. The highest BCUT2D eigenvalue weighted by Gasteiger charge is 2.17. The summed E-state index contributed by atoms with van der Waals surface area (Å²) < 4.78 is 0. The van der Waals surface area contributed by atoms with Crippen molar-refractivity contribution in [2.24, 2.45) is 0 Å². The standard InChI is InChI=1S/C25H36O2/c1-4-7-10-21-17-19(13-15-24(21)26)23(12-9-6-3)20-14-16-25(27)22(18-20)11-8-5-2/h13-18,23,26-27H,4-12H2,1-3H3. The van der Waals surface area contributed by atoms with Crippen molar-refractivity contribution in [2.75, 3.05) is 0 Å². The molecule has 0 unspecified atom stereocenters. The van der Waals surface area contributed by atoms with E-state index in [0.29, 0.717) is 17.4 Å². The van der Waals surface area contributed by atoms with Crippen molar-refractivity contribution in [1.29, 1.82) is 0 Å². The Morgan fingerprint density at radius 1 is 0.667 bits per heavy atom. The number of phenols is 2. The van der Waals surface area contributed by atoms with Gasteiger partial charge in [0.25, 0.3) is 0 Å². The van der Waals surface area contributed by atoms with E-state index >= 15 is 0 Å². The number of benzene rings is 2. The Kier molecular flexibility index (Phi) is 8.71. The van der Waals surface area contributed by atoms with Gasteiger partial charge in [0.2, 0.25) is 0 Å². The SMILES string of the molecule is CCCCc1cc(C(CCCC)c2ccc(O)c(CCCC)c2)ccc1O. The van der Waals surface area contributed by atoms with Gasteiger partial charge in [-0.1, -0.05) is 70.7 Å². The first kappa shape index (κ1) is 21.3. The molecule has 0 aliphatic carbocycles. The summed E-state index contributed by atoms with van der Waals surface area (Å²) >= 11 is 0. The van der Waals surface area contributed by atoms with Crippen LogP contribution in [0.2, 0.25) is 0 Å². The summed E-state index contributed by atoms with van der Waals surface area (Å²) in [6.07, 6.45) is 9.71. The van der Waals surface area contributed by atoms with Crippen LogP contribution in [0.5, 0.6) is 11.5 Å². The Morgan fingerprint density at radius 2 is 1.11 bits per heavy atom. The van der Waals surface area contributed by atoms with Gasteiger partial charge in [0.15, 0.2) is 0 Å². The first-order valence-electron chi connectivity index (χ1n) is 10.7. The van der Waals surface area contributed by atoms with Crippen molar-refractivity contribution in [3.8, 4) is 11.5 Å². The average molecular weight is 369 g/mol. The van der Waals surface area contributed by atoms with Crippen LogP contribution >= 0.6 is 0 Å². The number of rotatable bonds is 11. The molecule has 0 atom stereocenters. The molecule has 2 rings (SSSR count). The van der Waals surface area contributed by atoms with Crippen LogP contribution in [-0.2, 0) is 12.8 Å². The maximum absolute atomic E-state index is 10.2. The number of hydrogen-bond acceptors (Lipinski definition) is 2. The van der Waals surface area contributed by atoms with Crippen LogP contribution in [0.4, 0.5) is 0 Å². The molecular formula is C25H36O2. The van der Waals surface area contributed by atoms with Crippen LogP contribution in [0.3, 0.4) is 0 Å². The zero-order valence-corrected chi connectivity index (χ0v) is 17.3. The fraction of sp³-hybridized carbons (Fsp3) is 0.520. The number of phenolic OH excluding ortho intramolecular Hbond substituents is 2. The second-order valence-corrected chi connectivity index (χ2v) is 7.68. The van der Waals surface area contributed by atoms with E-state index in [4.69, 9.17) is 0 Å². The first-order chi connectivity index (χ1) is 13.1. The van der Waals surface area contributed by atoms with E-state index in [1.165, 1.54) is 17.5 Å². The fourth-order valence-electron chi connectivity index (χ4n) is 3.71. The van der Waals surface area contributed by atoms with Gasteiger partial charge >= 0.3 is 0 Å². The molecule has 0 radical (unpaired) electrons. The van der Waals surface area contributed by atoms with Crippen LogP contribution in [0.15, 0.2) is 36.4 Å². The molecule has 2 aromatic rings. The smallest absolute Gasteiger partial charge is 0.118 e. The summed E-state index contributed by atoms with van der Waals surface area (Å²) in [6, 6.07) is 12.3.